The van der Waals surface area contributed by atoms with Gasteiger partial charge in [-0.25, -0.2) is 0 Å². The van der Waals surface area contributed by atoms with Gasteiger partial charge in [0, 0.05) is 17.1 Å². The summed E-state index contributed by atoms with van der Waals surface area (Å²) in [6, 6.07) is 12.0. The first-order valence-corrected chi connectivity index (χ1v) is 2.00. The maximum Gasteiger partial charge on any atom is 0 e. The number of benzene rings is 1. The van der Waals surface area contributed by atoms with Crippen LogP contribution in [0, 0.1) is 0 Å². The molecule has 1 radical (unpaired) electrons. The van der Waals surface area contributed by atoms with Crippen LogP contribution in [0.3, 0.4) is 0 Å². The largest absolute Gasteiger partial charge is 0.153 e. The molecule has 1 rings (SSSR count). The summed E-state index contributed by atoms with van der Waals surface area (Å²) in [5, 5.41) is 0. The van der Waals surface area contributed by atoms with Gasteiger partial charge in [0.15, 0.2) is 0 Å². The Morgan fingerprint density at radius 3 is 0.778 bits per heavy atom. The molecular formula is C6H10ClCuP. The number of hydrogen-bond acceptors (Lipinski definition) is 0. The minimum atomic E-state index is 0. The Labute approximate surface area is 75.9 Å². The van der Waals surface area contributed by atoms with E-state index in [-0.39, 0.29) is 39.4 Å². The average molecular weight is 212 g/mol. The molecule has 1 aromatic carbocycles. The van der Waals surface area contributed by atoms with E-state index in [4.69, 9.17) is 0 Å². The van der Waals surface area contributed by atoms with Crippen molar-refractivity contribution in [3.8, 4) is 0 Å². The predicted molar refractivity (Wildman–Crippen MR) is 44.8 cm³/mol. The van der Waals surface area contributed by atoms with Crippen LogP contribution < -0.4 is 0 Å². The minimum absolute atomic E-state index is 0. The van der Waals surface area contributed by atoms with Crippen molar-refractivity contribution in [1.82, 2.24) is 0 Å². The molecule has 0 fully saturated rings. The van der Waals surface area contributed by atoms with E-state index in [1.165, 1.54) is 0 Å². The van der Waals surface area contributed by atoms with E-state index in [9.17, 15) is 0 Å². The second kappa shape index (κ2) is 11.3. The second-order valence-electron chi connectivity index (χ2n) is 1.15. The third kappa shape index (κ3) is 8.46. The topological polar surface area (TPSA) is 0 Å². The van der Waals surface area contributed by atoms with Crippen molar-refractivity contribution in [1.29, 1.82) is 0 Å². The molecule has 0 aliphatic rings. The maximum atomic E-state index is 2.00. The van der Waals surface area contributed by atoms with Gasteiger partial charge in [-0.05, 0) is 0 Å². The monoisotopic (exact) mass is 211 g/mol. The molecule has 0 saturated carbocycles. The predicted octanol–water partition coefficient (Wildman–Crippen LogP) is 2.16. The maximum absolute atomic E-state index is 2.00. The number of halogens is 1. The standard InChI is InChI=1S/C6H6.ClH.Cu.H3P/c1-2-4-6-5-3-1;;;/h1-6H;1H;;1H3. The van der Waals surface area contributed by atoms with E-state index in [0.29, 0.717) is 0 Å². The van der Waals surface area contributed by atoms with Gasteiger partial charge < -0.3 is 0 Å². The van der Waals surface area contributed by atoms with Crippen LogP contribution in [-0.4, -0.2) is 0 Å². The normalized spacial score (nSPS) is 5.33. The third-order valence-electron chi connectivity index (χ3n) is 0.667. The van der Waals surface area contributed by atoms with E-state index in [2.05, 4.69) is 0 Å². The Balaban J connectivity index is -0.000000120. The molecule has 0 spiro atoms. The molecule has 0 bridgehead atoms. The number of rotatable bonds is 0. The number of hydrogen-bond donors (Lipinski definition) is 0. The summed E-state index contributed by atoms with van der Waals surface area (Å²) in [5.74, 6) is 0. The van der Waals surface area contributed by atoms with E-state index < -0.39 is 0 Å². The Hall–Kier alpha value is 0.459. The van der Waals surface area contributed by atoms with E-state index in [1.54, 1.807) is 0 Å². The molecule has 0 saturated heterocycles. The molecule has 3 heteroatoms. The SMILES string of the molecule is Cl.P.[Cu].c1ccccc1. The van der Waals surface area contributed by atoms with Crippen molar-refractivity contribution in [3.63, 3.8) is 0 Å². The van der Waals surface area contributed by atoms with Crippen LogP contribution in [0.2, 0.25) is 0 Å². The Kier molecular flexibility index (Phi) is 20.3. The molecule has 0 aliphatic carbocycles. The van der Waals surface area contributed by atoms with Gasteiger partial charge in [-0.2, -0.15) is 9.90 Å². The van der Waals surface area contributed by atoms with Crippen LogP contribution in [0.15, 0.2) is 36.4 Å². The summed E-state index contributed by atoms with van der Waals surface area (Å²) in [5.41, 5.74) is 0. The van der Waals surface area contributed by atoms with Crippen molar-refractivity contribution >= 4 is 22.3 Å². The molecule has 57 valence electrons. The second-order valence-corrected chi connectivity index (χ2v) is 1.15. The van der Waals surface area contributed by atoms with Crippen molar-refractivity contribution < 1.29 is 17.1 Å². The summed E-state index contributed by atoms with van der Waals surface area (Å²) in [6.07, 6.45) is 0. The van der Waals surface area contributed by atoms with Crippen molar-refractivity contribution in [2.75, 3.05) is 0 Å². The average Bonchev–Trinajstić information content (AvgIpc) is 1.72. The molecule has 0 aromatic heterocycles. The molecule has 0 amide bonds. The van der Waals surface area contributed by atoms with Crippen LogP contribution in [0.25, 0.3) is 0 Å². The zero-order valence-electron chi connectivity index (χ0n) is 4.88. The molecule has 0 nitrogen and oxygen atoms in total. The van der Waals surface area contributed by atoms with Gasteiger partial charge in [0.2, 0.25) is 0 Å². The smallest absolute Gasteiger partial charge is 0 e. The zero-order valence-corrected chi connectivity index (χ0v) is 8.05. The van der Waals surface area contributed by atoms with Gasteiger partial charge in [-0.15, -0.1) is 12.4 Å². The van der Waals surface area contributed by atoms with Crippen LogP contribution >= 0.6 is 22.3 Å². The van der Waals surface area contributed by atoms with Gasteiger partial charge in [-0.3, -0.25) is 0 Å². The van der Waals surface area contributed by atoms with Gasteiger partial charge in [0.05, 0.1) is 0 Å². The Morgan fingerprint density at radius 2 is 0.667 bits per heavy atom. The fourth-order valence-electron chi connectivity index (χ4n) is 0.385. The first-order chi connectivity index (χ1) is 3.00. The van der Waals surface area contributed by atoms with Crippen LogP contribution in [0.5, 0.6) is 0 Å². The third-order valence-corrected chi connectivity index (χ3v) is 0.667. The van der Waals surface area contributed by atoms with Gasteiger partial charge in [0.25, 0.3) is 0 Å². The minimum Gasteiger partial charge on any atom is -0.153 e. The van der Waals surface area contributed by atoms with Gasteiger partial charge >= 0.3 is 0 Å². The fraction of sp³-hybridized carbons (Fsp3) is 0. The molecular weight excluding hydrogens is 202 g/mol. The Bertz CT molecular complexity index is 85.0. The van der Waals surface area contributed by atoms with E-state index in [0.717, 1.165) is 0 Å². The molecule has 1 aromatic rings. The zero-order chi connectivity index (χ0) is 4.24. The van der Waals surface area contributed by atoms with Crippen molar-refractivity contribution in [3.05, 3.63) is 36.4 Å². The van der Waals surface area contributed by atoms with Crippen LogP contribution in [0.4, 0.5) is 0 Å². The van der Waals surface area contributed by atoms with E-state index >= 15 is 0 Å². The molecule has 9 heavy (non-hydrogen) atoms. The van der Waals surface area contributed by atoms with Gasteiger partial charge in [-0.1, -0.05) is 36.4 Å². The summed E-state index contributed by atoms with van der Waals surface area (Å²) >= 11 is 0. The fourth-order valence-corrected chi connectivity index (χ4v) is 0.385. The summed E-state index contributed by atoms with van der Waals surface area (Å²) in [4.78, 5) is 0. The molecule has 1 atom stereocenters. The molecule has 0 aliphatic heterocycles. The summed E-state index contributed by atoms with van der Waals surface area (Å²) in [7, 11) is 0. The van der Waals surface area contributed by atoms with Crippen molar-refractivity contribution in [2.45, 2.75) is 0 Å². The molecule has 0 heterocycles. The Morgan fingerprint density at radius 1 is 0.556 bits per heavy atom. The molecule has 1 unspecified atom stereocenters. The van der Waals surface area contributed by atoms with Gasteiger partial charge in [0.1, 0.15) is 0 Å². The van der Waals surface area contributed by atoms with Crippen molar-refractivity contribution in [2.24, 2.45) is 0 Å². The summed E-state index contributed by atoms with van der Waals surface area (Å²) in [6.45, 7) is 0. The first-order valence-electron chi connectivity index (χ1n) is 2.00. The summed E-state index contributed by atoms with van der Waals surface area (Å²) < 4.78 is 0. The van der Waals surface area contributed by atoms with Crippen LogP contribution in [0.1, 0.15) is 0 Å². The quantitative estimate of drug-likeness (QED) is 0.456. The van der Waals surface area contributed by atoms with Crippen LogP contribution in [-0.2, 0) is 17.1 Å². The first kappa shape index (κ1) is 16.2. The van der Waals surface area contributed by atoms with E-state index in [1.807, 2.05) is 36.4 Å². The molecule has 0 N–H and O–H groups in total.